The Labute approximate surface area is 329 Å². The summed E-state index contributed by atoms with van der Waals surface area (Å²) in [5.74, 6) is -0.520. The molecule has 2 heterocycles. The van der Waals surface area contributed by atoms with E-state index in [1.54, 1.807) is 55.6 Å². The molecule has 294 valence electrons. The Kier molecular flexibility index (Phi) is 11.9. The molecule has 0 saturated heterocycles. The minimum absolute atomic E-state index is 0.0183. The van der Waals surface area contributed by atoms with Gasteiger partial charge in [-0.3, -0.25) is 4.79 Å². The molecule has 1 saturated carbocycles. The molecular weight excluding hydrogens is 740 g/mol. The smallest absolute Gasteiger partial charge is 0.338 e. The number of sulfonamides is 1. The van der Waals surface area contributed by atoms with Crippen molar-refractivity contribution in [2.45, 2.75) is 74.7 Å². The van der Waals surface area contributed by atoms with Gasteiger partial charge < -0.3 is 23.8 Å². The van der Waals surface area contributed by atoms with Gasteiger partial charge in [0.25, 0.3) is 5.91 Å². The molecule has 2 aliphatic carbocycles. The van der Waals surface area contributed by atoms with Crippen LogP contribution in [0, 0.1) is 17.8 Å². The highest BCUT2D eigenvalue weighted by molar-refractivity contribution is 7.90. The van der Waals surface area contributed by atoms with E-state index in [4.69, 9.17) is 30.5 Å². The summed E-state index contributed by atoms with van der Waals surface area (Å²) >= 11 is 6.46. The van der Waals surface area contributed by atoms with Gasteiger partial charge in [-0.25, -0.2) is 17.9 Å². The van der Waals surface area contributed by atoms with E-state index in [0.717, 1.165) is 49.4 Å². The molecule has 0 unspecified atom stereocenters. The fraction of sp³-hybridized carbons (Fsp3) is 0.488. The van der Waals surface area contributed by atoms with E-state index in [-0.39, 0.29) is 36.0 Å². The minimum atomic E-state index is -4.31. The highest BCUT2D eigenvalue weighted by atomic mass is 35.5. The standard InChI is InChI=1S/C43H51ClN2O8S/c1-28-9-7-13-38(52-3)35-17-14-32(35)24-46-26-43(20-8-12-30-21-33(44)16-18-36(30)43)27-53-39-19-15-31(22-37(39)46)41(47)45-55(49,50)40(28)23-34(25-51-2)54-42(48)29-10-5-4-6-11-29/h4-7,10-11,13,15-16,18-19,21-22,28,32,34-35,38,40H,8-9,12,14,17,20,23-27H2,1-3H3,(H,45,47)/b13-7-/t28-,32-,34-,35+,38-,40-,43-/m0/s1. The second-order valence-corrected chi connectivity index (χ2v) is 18.1. The molecule has 10 nitrogen and oxygen atoms in total. The van der Waals surface area contributed by atoms with Crippen LogP contribution in [0.1, 0.15) is 77.3 Å². The maximum atomic E-state index is 14.3. The number of fused-ring (bicyclic) bond motifs is 4. The predicted molar refractivity (Wildman–Crippen MR) is 212 cm³/mol. The summed E-state index contributed by atoms with van der Waals surface area (Å²) in [4.78, 5) is 29.5. The van der Waals surface area contributed by atoms with Crippen LogP contribution in [-0.4, -0.2) is 78.3 Å². The monoisotopic (exact) mass is 790 g/mol. The van der Waals surface area contributed by atoms with E-state index >= 15 is 0 Å². The zero-order chi connectivity index (χ0) is 38.7. The second kappa shape index (κ2) is 16.7. The third kappa shape index (κ3) is 8.45. The molecule has 1 fully saturated rings. The van der Waals surface area contributed by atoms with Gasteiger partial charge in [0.15, 0.2) is 0 Å². The molecule has 7 atom stereocenters. The Morgan fingerprint density at radius 1 is 1.09 bits per heavy atom. The van der Waals surface area contributed by atoms with Gasteiger partial charge in [-0.1, -0.05) is 54.9 Å². The van der Waals surface area contributed by atoms with Crippen LogP contribution in [0.2, 0.25) is 5.02 Å². The van der Waals surface area contributed by atoms with E-state index < -0.39 is 39.2 Å². The summed E-state index contributed by atoms with van der Waals surface area (Å²) in [6.07, 6.45) is 8.29. The Balaban J connectivity index is 1.24. The molecule has 1 spiro atoms. The third-order valence-corrected chi connectivity index (χ3v) is 14.3. The third-order valence-electron chi connectivity index (χ3n) is 12.2. The first-order valence-corrected chi connectivity index (χ1v) is 21.2. The van der Waals surface area contributed by atoms with E-state index in [1.807, 2.05) is 19.1 Å². The highest BCUT2D eigenvalue weighted by Gasteiger charge is 2.45. The molecule has 3 aromatic rings. The molecule has 4 aliphatic rings. The summed E-state index contributed by atoms with van der Waals surface area (Å²) < 4.78 is 55.0. The number of ether oxygens (including phenoxy) is 4. The number of methoxy groups -OCH3 is 2. The van der Waals surface area contributed by atoms with Crippen LogP contribution < -0.4 is 14.4 Å². The van der Waals surface area contributed by atoms with Crippen LogP contribution in [0.5, 0.6) is 5.75 Å². The number of amides is 1. The molecule has 7 rings (SSSR count). The number of halogens is 1. The van der Waals surface area contributed by atoms with Gasteiger partial charge in [-0.05, 0) is 110 Å². The van der Waals surface area contributed by atoms with Gasteiger partial charge >= 0.3 is 5.97 Å². The average Bonchev–Trinajstić information content (AvgIpc) is 3.31. The number of carbonyl (C=O) groups excluding carboxylic acids is 2. The lowest BCUT2D eigenvalue weighted by Gasteiger charge is -2.46. The van der Waals surface area contributed by atoms with E-state index in [0.29, 0.717) is 36.8 Å². The number of benzene rings is 3. The molecule has 0 aromatic heterocycles. The van der Waals surface area contributed by atoms with Gasteiger partial charge in [0, 0.05) is 49.7 Å². The SMILES string of the molecule is COC[C@H](C[C@H]1[C@@H](C)C/C=C\[C@H](OC)[C@@H]2CC[C@H]2CN2C[C@@]3(CCCc4cc(Cl)ccc43)COc3ccc(cc32)C(=O)NS1(=O)=O)OC(=O)c1ccccc1. The maximum Gasteiger partial charge on any atom is 0.338 e. The Bertz CT molecular complexity index is 2010. The number of nitrogens with zero attached hydrogens (tertiary/aromatic N) is 1. The van der Waals surface area contributed by atoms with Crippen molar-refractivity contribution in [3.05, 3.63) is 106 Å². The Hall–Kier alpha value is -3.90. The van der Waals surface area contributed by atoms with Crippen molar-refractivity contribution < 1.29 is 37.0 Å². The van der Waals surface area contributed by atoms with Crippen molar-refractivity contribution in [3.8, 4) is 5.75 Å². The van der Waals surface area contributed by atoms with E-state index in [1.165, 1.54) is 18.2 Å². The van der Waals surface area contributed by atoms with Gasteiger partial charge in [0.1, 0.15) is 11.9 Å². The van der Waals surface area contributed by atoms with E-state index in [2.05, 4.69) is 27.8 Å². The quantitative estimate of drug-likeness (QED) is 0.197. The van der Waals surface area contributed by atoms with Crippen LogP contribution in [0.15, 0.2) is 78.9 Å². The number of hydrogen-bond acceptors (Lipinski definition) is 9. The first-order valence-electron chi connectivity index (χ1n) is 19.3. The average molecular weight is 791 g/mol. The number of nitrogens with one attached hydrogen (secondary N) is 1. The maximum absolute atomic E-state index is 14.3. The fourth-order valence-electron chi connectivity index (χ4n) is 9.09. The molecular formula is C43H51ClN2O8S. The zero-order valence-electron chi connectivity index (χ0n) is 31.7. The van der Waals surface area contributed by atoms with Crippen LogP contribution in [0.4, 0.5) is 5.69 Å². The van der Waals surface area contributed by atoms with E-state index in [9.17, 15) is 18.0 Å². The highest BCUT2D eigenvalue weighted by Crippen LogP contribution is 2.47. The fourth-order valence-corrected chi connectivity index (χ4v) is 11.0. The van der Waals surface area contributed by atoms with Crippen molar-refractivity contribution in [1.29, 1.82) is 0 Å². The van der Waals surface area contributed by atoms with Crippen molar-refractivity contribution in [2.24, 2.45) is 17.8 Å². The number of hydrogen-bond donors (Lipinski definition) is 1. The molecule has 3 aromatic carbocycles. The van der Waals surface area contributed by atoms with Crippen LogP contribution in [0.25, 0.3) is 0 Å². The van der Waals surface area contributed by atoms with Gasteiger partial charge in [-0.15, -0.1) is 0 Å². The topological polar surface area (TPSA) is 120 Å². The molecule has 0 radical (unpaired) electrons. The lowest BCUT2D eigenvalue weighted by atomic mass is 9.68. The number of carbonyl (C=O) groups is 2. The molecule has 1 N–H and O–H groups in total. The second-order valence-electron chi connectivity index (χ2n) is 15.7. The molecule has 2 aliphatic heterocycles. The van der Waals surface area contributed by atoms with Crippen molar-refractivity contribution in [1.82, 2.24) is 4.72 Å². The summed E-state index contributed by atoms with van der Waals surface area (Å²) in [6, 6.07) is 19.9. The normalized spacial score (nSPS) is 28.6. The van der Waals surface area contributed by atoms with Crippen LogP contribution >= 0.6 is 11.6 Å². The van der Waals surface area contributed by atoms with Gasteiger partial charge in [0.2, 0.25) is 10.0 Å². The summed E-state index contributed by atoms with van der Waals surface area (Å²) in [7, 11) is -1.11. The van der Waals surface area contributed by atoms with Crippen LogP contribution in [-0.2, 0) is 36.1 Å². The number of anilines is 1. The molecule has 55 heavy (non-hydrogen) atoms. The zero-order valence-corrected chi connectivity index (χ0v) is 33.3. The van der Waals surface area contributed by atoms with Crippen molar-refractivity contribution >= 4 is 39.2 Å². The number of esters is 1. The minimum Gasteiger partial charge on any atom is -0.490 e. The Morgan fingerprint density at radius 3 is 2.65 bits per heavy atom. The summed E-state index contributed by atoms with van der Waals surface area (Å²) in [5, 5.41) is -0.380. The predicted octanol–water partition coefficient (Wildman–Crippen LogP) is 7.14. The van der Waals surface area contributed by atoms with Crippen molar-refractivity contribution in [2.75, 3.05) is 45.4 Å². The van der Waals surface area contributed by atoms with Gasteiger partial charge in [0.05, 0.1) is 35.8 Å². The molecule has 2 bridgehead atoms. The summed E-state index contributed by atoms with van der Waals surface area (Å²) in [6.45, 7) is 3.71. The first kappa shape index (κ1) is 39.3. The number of allylic oxidation sites excluding steroid dienone is 1. The number of rotatable bonds is 7. The Morgan fingerprint density at radius 2 is 1.91 bits per heavy atom. The summed E-state index contributed by atoms with van der Waals surface area (Å²) in [5.41, 5.74) is 3.52. The largest absolute Gasteiger partial charge is 0.490 e. The van der Waals surface area contributed by atoms with Crippen LogP contribution in [0.3, 0.4) is 0 Å². The number of aryl methyl sites for hydroxylation is 1. The molecule has 1 amide bonds. The van der Waals surface area contributed by atoms with Crippen molar-refractivity contribution in [3.63, 3.8) is 0 Å². The lowest BCUT2D eigenvalue weighted by Crippen LogP contribution is -2.49. The van der Waals surface area contributed by atoms with Gasteiger partial charge in [-0.2, -0.15) is 0 Å². The lowest BCUT2D eigenvalue weighted by molar-refractivity contribution is 0.00165. The first-order chi connectivity index (χ1) is 26.5. The molecule has 12 heteroatoms.